The Morgan fingerprint density at radius 2 is 1.61 bits per heavy atom. The van der Waals surface area contributed by atoms with Crippen molar-refractivity contribution in [3.05, 3.63) is 93.4 Å². The van der Waals surface area contributed by atoms with Crippen LogP contribution in [0.4, 0.5) is 18.9 Å². The van der Waals surface area contributed by atoms with Crippen LogP contribution in [0.2, 0.25) is 0 Å². The standard InChI is InChI=1S/C22H14F3NO4S/c23-22(24,25)13-5-7-14(8-6-13)26-18(12-3-9-15(27)10-4-12)17(20(29)21(26)30)19(28)16-2-1-11-31-16/h1-11,18,27,29H. The van der Waals surface area contributed by atoms with Gasteiger partial charge in [-0.2, -0.15) is 13.2 Å². The van der Waals surface area contributed by atoms with Crippen molar-refractivity contribution in [1.82, 2.24) is 0 Å². The molecule has 0 saturated carbocycles. The summed E-state index contributed by atoms with van der Waals surface area (Å²) in [5.74, 6) is -2.28. The number of aliphatic hydroxyl groups excluding tert-OH is 1. The lowest BCUT2D eigenvalue weighted by Gasteiger charge is -2.27. The number of carbonyl (C=O) groups is 2. The summed E-state index contributed by atoms with van der Waals surface area (Å²) in [5.41, 5.74) is -0.596. The Hall–Kier alpha value is -3.59. The average Bonchev–Trinajstić information content (AvgIpc) is 3.35. The van der Waals surface area contributed by atoms with Crippen molar-refractivity contribution in [2.75, 3.05) is 4.90 Å². The largest absolute Gasteiger partial charge is 0.508 e. The number of anilines is 1. The second kappa shape index (κ2) is 7.59. The topological polar surface area (TPSA) is 77.8 Å². The molecule has 0 spiro atoms. The minimum atomic E-state index is -4.55. The number of aliphatic hydroxyl groups is 1. The second-order valence-electron chi connectivity index (χ2n) is 6.78. The molecule has 1 aliphatic heterocycles. The Kier molecular flexibility index (Phi) is 5.06. The van der Waals surface area contributed by atoms with Gasteiger partial charge in [0, 0.05) is 5.69 Å². The molecular formula is C22H14F3NO4S. The number of hydrogen-bond acceptors (Lipinski definition) is 5. The number of nitrogens with zero attached hydrogens (tertiary/aromatic N) is 1. The fourth-order valence-electron chi connectivity index (χ4n) is 3.43. The zero-order valence-corrected chi connectivity index (χ0v) is 16.4. The van der Waals surface area contributed by atoms with Crippen LogP contribution in [-0.4, -0.2) is 21.9 Å². The summed E-state index contributed by atoms with van der Waals surface area (Å²) in [6.07, 6.45) is -4.55. The van der Waals surface area contributed by atoms with Crippen molar-refractivity contribution in [2.45, 2.75) is 12.2 Å². The maximum atomic E-state index is 13.1. The number of benzene rings is 2. The predicted molar refractivity (Wildman–Crippen MR) is 108 cm³/mol. The molecule has 2 aromatic carbocycles. The Morgan fingerprint density at radius 3 is 2.16 bits per heavy atom. The van der Waals surface area contributed by atoms with Crippen LogP contribution < -0.4 is 4.90 Å². The van der Waals surface area contributed by atoms with E-state index in [1.165, 1.54) is 24.3 Å². The average molecular weight is 445 g/mol. The summed E-state index contributed by atoms with van der Waals surface area (Å²) < 4.78 is 38.8. The molecule has 3 aromatic rings. The van der Waals surface area contributed by atoms with Crippen LogP contribution in [0.3, 0.4) is 0 Å². The number of alkyl halides is 3. The molecular weight excluding hydrogens is 431 g/mol. The van der Waals surface area contributed by atoms with Gasteiger partial charge < -0.3 is 10.2 Å². The van der Waals surface area contributed by atoms with Crippen molar-refractivity contribution < 1.29 is 33.0 Å². The number of phenolic OH excluding ortho intramolecular Hbond substituents is 1. The molecule has 31 heavy (non-hydrogen) atoms. The minimum absolute atomic E-state index is 0.0477. The molecule has 1 aromatic heterocycles. The van der Waals surface area contributed by atoms with E-state index < -0.39 is 35.2 Å². The van der Waals surface area contributed by atoms with Crippen LogP contribution in [0.5, 0.6) is 5.75 Å². The quantitative estimate of drug-likeness (QED) is 0.538. The smallest absolute Gasteiger partial charge is 0.416 e. The van der Waals surface area contributed by atoms with Gasteiger partial charge in [-0.15, -0.1) is 11.3 Å². The number of ketones is 1. The Balaban J connectivity index is 1.84. The van der Waals surface area contributed by atoms with E-state index in [1.807, 2.05) is 0 Å². The lowest BCUT2D eigenvalue weighted by Crippen LogP contribution is -2.31. The molecule has 0 saturated heterocycles. The Morgan fingerprint density at radius 1 is 0.968 bits per heavy atom. The first-order valence-electron chi connectivity index (χ1n) is 8.99. The number of amides is 1. The molecule has 2 heterocycles. The molecule has 0 fully saturated rings. The molecule has 1 atom stereocenters. The molecule has 1 aliphatic rings. The van der Waals surface area contributed by atoms with Gasteiger partial charge >= 0.3 is 6.18 Å². The van der Waals surface area contributed by atoms with E-state index in [0.717, 1.165) is 40.5 Å². The van der Waals surface area contributed by atoms with E-state index in [9.17, 15) is 33.0 Å². The lowest BCUT2D eigenvalue weighted by atomic mass is 9.95. The number of phenols is 1. The highest BCUT2D eigenvalue weighted by Crippen LogP contribution is 2.43. The zero-order chi connectivity index (χ0) is 22.3. The van der Waals surface area contributed by atoms with Crippen LogP contribution in [0.1, 0.15) is 26.8 Å². The van der Waals surface area contributed by atoms with E-state index in [-0.39, 0.29) is 17.0 Å². The van der Waals surface area contributed by atoms with Crippen molar-refractivity contribution in [3.8, 4) is 5.75 Å². The van der Waals surface area contributed by atoms with Gasteiger partial charge in [-0.25, -0.2) is 0 Å². The number of hydrogen-bond donors (Lipinski definition) is 2. The number of Topliss-reactive ketones (excluding diaryl/α,β-unsaturated/α-hetero) is 1. The summed E-state index contributed by atoms with van der Waals surface area (Å²) >= 11 is 1.13. The summed E-state index contributed by atoms with van der Waals surface area (Å²) in [5, 5.41) is 21.8. The monoisotopic (exact) mass is 445 g/mol. The minimum Gasteiger partial charge on any atom is -0.508 e. The number of thiophene rings is 1. The first-order chi connectivity index (χ1) is 14.7. The highest BCUT2D eigenvalue weighted by Gasteiger charge is 2.45. The molecule has 0 radical (unpaired) electrons. The van der Waals surface area contributed by atoms with Gasteiger partial charge in [-0.3, -0.25) is 14.5 Å². The van der Waals surface area contributed by atoms with Crippen LogP contribution in [0.25, 0.3) is 0 Å². The third-order valence-corrected chi connectivity index (χ3v) is 5.75. The summed E-state index contributed by atoms with van der Waals surface area (Å²) in [7, 11) is 0. The molecule has 1 amide bonds. The van der Waals surface area contributed by atoms with Crippen LogP contribution in [-0.2, 0) is 11.0 Å². The predicted octanol–water partition coefficient (Wildman–Crippen LogP) is 5.26. The molecule has 1 unspecified atom stereocenters. The van der Waals surface area contributed by atoms with Gasteiger partial charge in [-0.05, 0) is 53.4 Å². The first-order valence-corrected chi connectivity index (χ1v) is 9.87. The molecule has 5 nitrogen and oxygen atoms in total. The van der Waals surface area contributed by atoms with Gasteiger partial charge in [0.2, 0.25) is 5.78 Å². The van der Waals surface area contributed by atoms with Gasteiger partial charge in [-0.1, -0.05) is 18.2 Å². The second-order valence-corrected chi connectivity index (χ2v) is 7.73. The molecule has 0 bridgehead atoms. The maximum absolute atomic E-state index is 13.1. The normalized spacial score (nSPS) is 16.8. The maximum Gasteiger partial charge on any atom is 0.416 e. The van der Waals surface area contributed by atoms with Gasteiger partial charge in [0.15, 0.2) is 5.76 Å². The van der Waals surface area contributed by atoms with Crippen molar-refractivity contribution in [2.24, 2.45) is 0 Å². The number of aromatic hydroxyl groups is 1. The first kappa shape index (κ1) is 20.7. The lowest BCUT2D eigenvalue weighted by molar-refractivity contribution is -0.137. The third-order valence-electron chi connectivity index (χ3n) is 4.88. The van der Waals surface area contributed by atoms with Crippen molar-refractivity contribution >= 4 is 28.7 Å². The van der Waals surface area contributed by atoms with Crippen LogP contribution in [0.15, 0.2) is 77.4 Å². The van der Waals surface area contributed by atoms with Crippen molar-refractivity contribution in [1.29, 1.82) is 0 Å². The van der Waals surface area contributed by atoms with E-state index in [0.29, 0.717) is 10.4 Å². The molecule has 0 aliphatic carbocycles. The summed E-state index contributed by atoms with van der Waals surface area (Å²) in [4.78, 5) is 27.4. The van der Waals surface area contributed by atoms with Crippen LogP contribution in [0, 0.1) is 0 Å². The molecule has 9 heteroatoms. The number of carbonyl (C=O) groups excluding carboxylic acids is 2. The van der Waals surface area contributed by atoms with Gasteiger partial charge in [0.05, 0.1) is 22.1 Å². The Labute approximate surface area is 178 Å². The molecule has 2 N–H and O–H groups in total. The fourth-order valence-corrected chi connectivity index (χ4v) is 4.10. The third kappa shape index (κ3) is 3.68. The molecule has 158 valence electrons. The Bertz CT molecular complexity index is 1170. The highest BCUT2D eigenvalue weighted by molar-refractivity contribution is 7.12. The van der Waals surface area contributed by atoms with Crippen LogP contribution >= 0.6 is 11.3 Å². The summed E-state index contributed by atoms with van der Waals surface area (Å²) in [6.45, 7) is 0. The van der Waals surface area contributed by atoms with Gasteiger partial charge in [0.25, 0.3) is 5.91 Å². The SMILES string of the molecule is O=C(C1=C(O)C(=O)N(c2ccc(C(F)(F)F)cc2)C1c1ccc(O)cc1)c1cccs1. The van der Waals surface area contributed by atoms with E-state index >= 15 is 0 Å². The van der Waals surface area contributed by atoms with E-state index in [2.05, 4.69) is 0 Å². The summed E-state index contributed by atoms with van der Waals surface area (Å²) in [6, 6.07) is 11.6. The fraction of sp³-hybridized carbons (Fsp3) is 0.0909. The highest BCUT2D eigenvalue weighted by atomic mass is 32.1. The molecule has 4 rings (SSSR count). The van der Waals surface area contributed by atoms with Crippen molar-refractivity contribution in [3.63, 3.8) is 0 Å². The zero-order valence-electron chi connectivity index (χ0n) is 15.6. The van der Waals surface area contributed by atoms with Gasteiger partial charge in [0.1, 0.15) is 5.75 Å². The number of halogens is 3. The van der Waals surface area contributed by atoms with E-state index in [1.54, 1.807) is 17.5 Å². The van der Waals surface area contributed by atoms with E-state index in [4.69, 9.17) is 0 Å². The number of rotatable bonds is 4.